The molecular formula is C15H21N3O2. The predicted molar refractivity (Wildman–Crippen MR) is 78.6 cm³/mol. The van der Waals surface area contributed by atoms with Gasteiger partial charge in [-0.2, -0.15) is 5.10 Å². The number of aryl methyl sites for hydroxylation is 1. The van der Waals surface area contributed by atoms with Crippen LogP contribution in [0.5, 0.6) is 0 Å². The minimum absolute atomic E-state index is 0.477. The molecule has 0 aliphatic carbocycles. The number of nitrogens with one attached hydrogen (secondary N) is 1. The van der Waals surface area contributed by atoms with Gasteiger partial charge < -0.3 is 5.11 Å². The van der Waals surface area contributed by atoms with Crippen LogP contribution in [0, 0.1) is 0 Å². The monoisotopic (exact) mass is 275 g/mol. The van der Waals surface area contributed by atoms with Gasteiger partial charge in [0, 0.05) is 18.5 Å². The number of carbonyl (C=O) groups is 1. The van der Waals surface area contributed by atoms with Gasteiger partial charge in [-0.3, -0.25) is 14.8 Å². The van der Waals surface area contributed by atoms with E-state index in [1.165, 1.54) is 0 Å². The number of para-hydroxylation sites is 1. The Morgan fingerprint density at radius 3 is 2.80 bits per heavy atom. The first kappa shape index (κ1) is 14.5. The zero-order chi connectivity index (χ0) is 14.5. The maximum atomic E-state index is 11.1. The van der Waals surface area contributed by atoms with Crippen molar-refractivity contribution in [2.24, 2.45) is 0 Å². The summed E-state index contributed by atoms with van der Waals surface area (Å²) in [5, 5.41) is 17.9. The number of nitrogens with zero attached hydrogens (tertiary/aromatic N) is 2. The Labute approximate surface area is 118 Å². The minimum Gasteiger partial charge on any atom is -0.480 e. The van der Waals surface area contributed by atoms with Gasteiger partial charge in [-0.15, -0.1) is 0 Å². The van der Waals surface area contributed by atoms with Crippen molar-refractivity contribution in [3.63, 3.8) is 0 Å². The first-order valence-corrected chi connectivity index (χ1v) is 7.08. The van der Waals surface area contributed by atoms with Crippen LogP contribution in [0.4, 0.5) is 0 Å². The molecule has 1 aromatic carbocycles. The lowest BCUT2D eigenvalue weighted by molar-refractivity contribution is -0.139. The second-order valence-corrected chi connectivity index (χ2v) is 4.84. The van der Waals surface area contributed by atoms with Gasteiger partial charge in [0.25, 0.3) is 0 Å². The molecule has 2 rings (SSSR count). The van der Waals surface area contributed by atoms with Crippen LogP contribution < -0.4 is 5.32 Å². The van der Waals surface area contributed by atoms with Crippen LogP contribution in [-0.4, -0.2) is 26.9 Å². The number of hydrogen-bond donors (Lipinski definition) is 2. The number of aromatic nitrogens is 2. The molecule has 108 valence electrons. The van der Waals surface area contributed by atoms with Crippen molar-refractivity contribution in [1.29, 1.82) is 0 Å². The normalized spacial score (nSPS) is 12.7. The van der Waals surface area contributed by atoms with Crippen LogP contribution in [-0.2, 0) is 17.9 Å². The van der Waals surface area contributed by atoms with E-state index in [2.05, 4.69) is 10.4 Å². The third-order valence-electron chi connectivity index (χ3n) is 3.43. The quantitative estimate of drug-likeness (QED) is 0.814. The van der Waals surface area contributed by atoms with Crippen molar-refractivity contribution in [1.82, 2.24) is 15.1 Å². The number of carboxylic acid groups (broad SMARTS) is 1. The number of fused-ring (bicyclic) bond motifs is 1. The van der Waals surface area contributed by atoms with E-state index in [9.17, 15) is 4.79 Å². The highest BCUT2D eigenvalue weighted by molar-refractivity contribution is 5.82. The smallest absolute Gasteiger partial charge is 0.320 e. The number of rotatable bonds is 7. The summed E-state index contributed by atoms with van der Waals surface area (Å²) in [6, 6.07) is 7.53. The van der Waals surface area contributed by atoms with E-state index in [1.807, 2.05) is 42.8 Å². The number of benzene rings is 1. The van der Waals surface area contributed by atoms with Crippen molar-refractivity contribution in [3.8, 4) is 0 Å². The van der Waals surface area contributed by atoms with Gasteiger partial charge in [0.05, 0.1) is 11.2 Å². The molecule has 0 aliphatic heterocycles. The lowest BCUT2D eigenvalue weighted by atomic mass is 10.1. The fourth-order valence-corrected chi connectivity index (χ4v) is 2.39. The maximum Gasteiger partial charge on any atom is 0.320 e. The molecule has 5 heteroatoms. The van der Waals surface area contributed by atoms with Gasteiger partial charge in [0.1, 0.15) is 6.04 Å². The maximum absolute atomic E-state index is 11.1. The van der Waals surface area contributed by atoms with Crippen LogP contribution in [0.1, 0.15) is 32.4 Å². The molecule has 0 spiro atoms. The summed E-state index contributed by atoms with van der Waals surface area (Å²) in [5.41, 5.74) is 2.00. The molecule has 2 N–H and O–H groups in total. The van der Waals surface area contributed by atoms with Crippen LogP contribution in [0.3, 0.4) is 0 Å². The van der Waals surface area contributed by atoms with Crippen LogP contribution in [0.15, 0.2) is 24.3 Å². The van der Waals surface area contributed by atoms with Gasteiger partial charge in [0.15, 0.2) is 0 Å². The van der Waals surface area contributed by atoms with Gasteiger partial charge in [-0.05, 0) is 19.4 Å². The van der Waals surface area contributed by atoms with Gasteiger partial charge in [-0.25, -0.2) is 0 Å². The van der Waals surface area contributed by atoms with E-state index in [4.69, 9.17) is 5.11 Å². The average Bonchev–Trinajstić information content (AvgIpc) is 2.81. The van der Waals surface area contributed by atoms with Crippen LogP contribution in [0.2, 0.25) is 0 Å². The highest BCUT2D eigenvalue weighted by atomic mass is 16.4. The number of hydrogen-bond acceptors (Lipinski definition) is 3. The molecule has 20 heavy (non-hydrogen) atoms. The Bertz CT molecular complexity index is 592. The van der Waals surface area contributed by atoms with Crippen molar-refractivity contribution < 1.29 is 9.90 Å². The van der Waals surface area contributed by atoms with E-state index in [-0.39, 0.29) is 0 Å². The molecule has 0 saturated carbocycles. The first-order valence-electron chi connectivity index (χ1n) is 7.08. The van der Waals surface area contributed by atoms with E-state index >= 15 is 0 Å². The van der Waals surface area contributed by atoms with E-state index in [1.54, 1.807) is 0 Å². The van der Waals surface area contributed by atoms with Crippen molar-refractivity contribution in [2.75, 3.05) is 0 Å². The van der Waals surface area contributed by atoms with Crippen LogP contribution >= 0.6 is 0 Å². The minimum atomic E-state index is -0.800. The van der Waals surface area contributed by atoms with E-state index in [0.717, 1.165) is 29.6 Å². The lowest BCUT2D eigenvalue weighted by Gasteiger charge is -2.12. The molecule has 1 aromatic heterocycles. The second-order valence-electron chi connectivity index (χ2n) is 4.84. The number of aliphatic carboxylic acids is 1. The Balaban J connectivity index is 2.19. The standard InChI is InChI=1S/C15H21N3O2/c1-3-7-12(15(19)20)16-10-13-11-8-5-6-9-14(11)18(4-2)17-13/h5-6,8-9,12,16H,3-4,7,10H2,1-2H3,(H,19,20). The van der Waals surface area contributed by atoms with Gasteiger partial charge in [0.2, 0.25) is 0 Å². The summed E-state index contributed by atoms with van der Waals surface area (Å²) >= 11 is 0. The third-order valence-corrected chi connectivity index (χ3v) is 3.43. The summed E-state index contributed by atoms with van der Waals surface area (Å²) in [4.78, 5) is 11.1. The second kappa shape index (κ2) is 6.52. The molecule has 0 saturated heterocycles. The van der Waals surface area contributed by atoms with Crippen molar-refractivity contribution >= 4 is 16.9 Å². The zero-order valence-corrected chi connectivity index (χ0v) is 12.0. The molecule has 0 bridgehead atoms. The largest absolute Gasteiger partial charge is 0.480 e. The molecule has 1 heterocycles. The molecule has 0 amide bonds. The summed E-state index contributed by atoms with van der Waals surface area (Å²) in [7, 11) is 0. The fourth-order valence-electron chi connectivity index (χ4n) is 2.39. The summed E-state index contributed by atoms with van der Waals surface area (Å²) in [6.45, 7) is 5.31. The molecule has 1 unspecified atom stereocenters. The molecule has 5 nitrogen and oxygen atoms in total. The SMILES string of the molecule is CCCC(NCc1nn(CC)c2ccccc12)C(=O)O. The third kappa shape index (κ3) is 2.99. The Morgan fingerprint density at radius 1 is 1.40 bits per heavy atom. The summed E-state index contributed by atoms with van der Waals surface area (Å²) in [6.07, 6.45) is 1.47. The Hall–Kier alpha value is -1.88. The van der Waals surface area contributed by atoms with Crippen LogP contribution in [0.25, 0.3) is 10.9 Å². The predicted octanol–water partition coefficient (Wildman–Crippen LogP) is 2.40. The summed E-state index contributed by atoms with van der Waals surface area (Å²) < 4.78 is 1.95. The molecule has 0 fully saturated rings. The van der Waals surface area contributed by atoms with E-state index < -0.39 is 12.0 Å². The Kier molecular flexibility index (Phi) is 4.74. The molecular weight excluding hydrogens is 254 g/mol. The highest BCUT2D eigenvalue weighted by Crippen LogP contribution is 2.18. The highest BCUT2D eigenvalue weighted by Gasteiger charge is 2.17. The van der Waals surface area contributed by atoms with E-state index in [0.29, 0.717) is 13.0 Å². The molecule has 1 atom stereocenters. The average molecular weight is 275 g/mol. The van der Waals surface area contributed by atoms with Gasteiger partial charge >= 0.3 is 5.97 Å². The lowest BCUT2D eigenvalue weighted by Crippen LogP contribution is -2.36. The molecule has 0 aliphatic rings. The van der Waals surface area contributed by atoms with Gasteiger partial charge in [-0.1, -0.05) is 31.5 Å². The Morgan fingerprint density at radius 2 is 2.15 bits per heavy atom. The fraction of sp³-hybridized carbons (Fsp3) is 0.467. The van der Waals surface area contributed by atoms with Crippen molar-refractivity contribution in [3.05, 3.63) is 30.0 Å². The number of carboxylic acids is 1. The topological polar surface area (TPSA) is 67.2 Å². The molecule has 2 aromatic rings. The molecule has 0 radical (unpaired) electrons. The van der Waals surface area contributed by atoms with Crippen molar-refractivity contribution in [2.45, 2.75) is 45.8 Å². The summed E-state index contributed by atoms with van der Waals surface area (Å²) in [5.74, 6) is -0.800. The zero-order valence-electron chi connectivity index (χ0n) is 12.0. The first-order chi connectivity index (χ1) is 9.67.